The van der Waals surface area contributed by atoms with Crippen molar-refractivity contribution in [3.8, 4) is 0 Å². The quantitative estimate of drug-likeness (QED) is 0.183. The third-order valence-corrected chi connectivity index (χ3v) is 0. The summed E-state index contributed by atoms with van der Waals surface area (Å²) in [4.78, 5) is 0. The van der Waals surface area contributed by atoms with Crippen LogP contribution in [0.5, 0.6) is 0 Å². The molecule has 0 aliphatic rings. The van der Waals surface area contributed by atoms with Crippen LogP contribution in [0.3, 0.4) is 0 Å². The number of rotatable bonds is 0. The Morgan fingerprint density at radius 2 is 1.80 bits per heavy atom. The fraction of sp³-hybridized carbons (Fsp3) is 0.500. The molecule has 0 amide bonds. The Bertz CT molecular complexity index is 14.4. The first-order valence-electron chi connectivity index (χ1n) is 0.864. The molecule has 0 saturated carbocycles. The van der Waals surface area contributed by atoms with Crippen LogP contribution >= 0.6 is 0 Å². The van der Waals surface area contributed by atoms with Crippen LogP contribution in [0.4, 0.5) is 0 Å². The average molecular weight is 100 g/mol. The number of hydrogen-bond donors (Lipinski definition) is 0. The predicted octanol–water partition coefficient (Wildman–Crippen LogP) is -2.84. The fourth-order valence-corrected chi connectivity index (χ4v) is 0. The van der Waals surface area contributed by atoms with E-state index in [0.717, 1.165) is 0 Å². The van der Waals surface area contributed by atoms with Crippen LogP contribution in [0.2, 0.25) is 0 Å². The zero-order valence-corrected chi connectivity index (χ0v) is 6.34. The second-order valence-electron chi connectivity index (χ2n) is 0.573. The Morgan fingerprint density at radius 1 is 1.80 bits per heavy atom. The standard InChI is InChI=1S/C2H5OS.Na/c1-4(2)3;/h1H2,2H3;/q-1;+1. The van der Waals surface area contributed by atoms with Gasteiger partial charge in [0.25, 0.3) is 0 Å². The second-order valence-corrected chi connectivity index (χ2v) is 1.72. The SMILES string of the molecule is [CH2-][S+](C)[O-].[Na+]. The van der Waals surface area contributed by atoms with E-state index in [1.807, 2.05) is 0 Å². The van der Waals surface area contributed by atoms with Crippen molar-refractivity contribution in [2.45, 2.75) is 0 Å². The Balaban J connectivity index is 0. The van der Waals surface area contributed by atoms with Crippen LogP contribution in [0, 0.1) is 6.26 Å². The van der Waals surface area contributed by atoms with Gasteiger partial charge in [0, 0.05) is 0 Å². The molecule has 0 radical (unpaired) electrons. The van der Waals surface area contributed by atoms with Crippen LogP contribution in [-0.2, 0) is 11.2 Å². The summed E-state index contributed by atoms with van der Waals surface area (Å²) < 4.78 is 9.44. The van der Waals surface area contributed by atoms with E-state index in [4.69, 9.17) is 0 Å². The molecule has 0 saturated heterocycles. The molecule has 0 bridgehead atoms. The van der Waals surface area contributed by atoms with Crippen molar-refractivity contribution in [2.75, 3.05) is 6.26 Å². The Kier molecular flexibility index (Phi) is 10.2. The van der Waals surface area contributed by atoms with Gasteiger partial charge in [-0.1, -0.05) is 0 Å². The second kappa shape index (κ2) is 5.31. The van der Waals surface area contributed by atoms with Crippen LogP contribution in [0.25, 0.3) is 0 Å². The summed E-state index contributed by atoms with van der Waals surface area (Å²) in [5.74, 6) is 0. The van der Waals surface area contributed by atoms with E-state index in [2.05, 4.69) is 6.26 Å². The minimum absolute atomic E-state index is 0. The molecule has 0 fully saturated rings. The van der Waals surface area contributed by atoms with Crippen molar-refractivity contribution in [1.29, 1.82) is 0 Å². The van der Waals surface area contributed by atoms with Gasteiger partial charge < -0.3 is 4.55 Å². The van der Waals surface area contributed by atoms with Gasteiger partial charge >= 0.3 is 29.6 Å². The first-order chi connectivity index (χ1) is 1.73. The van der Waals surface area contributed by atoms with E-state index in [1.165, 1.54) is 6.26 Å². The first kappa shape index (κ1) is 9.58. The average Bonchev–Trinajstić information content (AvgIpc) is 0.811. The van der Waals surface area contributed by atoms with Gasteiger partial charge in [0.15, 0.2) is 0 Å². The van der Waals surface area contributed by atoms with Crippen molar-refractivity contribution in [2.24, 2.45) is 0 Å². The topological polar surface area (TPSA) is 23.1 Å². The summed E-state index contributed by atoms with van der Waals surface area (Å²) in [5.41, 5.74) is 0. The normalized spacial score (nSPS) is 12.6. The van der Waals surface area contributed by atoms with Crippen molar-refractivity contribution in [3.05, 3.63) is 6.26 Å². The van der Waals surface area contributed by atoms with E-state index < -0.39 is 11.2 Å². The summed E-state index contributed by atoms with van der Waals surface area (Å²) in [6, 6.07) is 0. The molecule has 3 heteroatoms. The maximum absolute atomic E-state index is 9.44. The molecule has 0 aliphatic heterocycles. The third kappa shape index (κ3) is 33.9. The van der Waals surface area contributed by atoms with E-state index in [-0.39, 0.29) is 29.6 Å². The van der Waals surface area contributed by atoms with Crippen LogP contribution in [-0.4, -0.2) is 10.8 Å². The molecule has 0 aromatic rings. The molecule has 0 rings (SSSR count). The molecule has 5 heavy (non-hydrogen) atoms. The summed E-state index contributed by atoms with van der Waals surface area (Å²) in [6.07, 6.45) is 4.64. The van der Waals surface area contributed by atoms with E-state index in [9.17, 15) is 4.55 Å². The third-order valence-electron chi connectivity index (χ3n) is 0. The molecule has 0 aliphatic carbocycles. The van der Waals surface area contributed by atoms with Gasteiger partial charge in [-0.05, 0) is 0 Å². The minimum Gasteiger partial charge on any atom is -0.644 e. The molecule has 1 unspecified atom stereocenters. The monoisotopic (exact) mass is 100.0 g/mol. The van der Waals surface area contributed by atoms with Gasteiger partial charge in [0.1, 0.15) is 0 Å². The van der Waals surface area contributed by atoms with Gasteiger partial charge in [-0.2, -0.15) is 0 Å². The number of hydrogen-bond acceptors (Lipinski definition) is 1. The fourth-order valence-electron chi connectivity index (χ4n) is 0. The summed E-state index contributed by atoms with van der Waals surface area (Å²) in [7, 11) is 0. The van der Waals surface area contributed by atoms with Crippen molar-refractivity contribution < 1.29 is 34.1 Å². The van der Waals surface area contributed by atoms with E-state index in [1.54, 1.807) is 0 Å². The largest absolute Gasteiger partial charge is 1.00 e. The van der Waals surface area contributed by atoms with Crippen LogP contribution < -0.4 is 29.6 Å². The van der Waals surface area contributed by atoms with Crippen LogP contribution in [0.15, 0.2) is 0 Å². The van der Waals surface area contributed by atoms with Gasteiger partial charge in [0.05, 0.1) is 6.26 Å². The first-order valence-corrected chi connectivity index (χ1v) is 2.59. The maximum Gasteiger partial charge on any atom is 1.00 e. The van der Waals surface area contributed by atoms with E-state index in [0.29, 0.717) is 0 Å². The van der Waals surface area contributed by atoms with E-state index >= 15 is 0 Å². The molecule has 26 valence electrons. The zero-order valence-electron chi connectivity index (χ0n) is 3.52. The summed E-state index contributed by atoms with van der Waals surface area (Å²) in [5, 5.41) is 0. The molecule has 0 aromatic carbocycles. The predicted molar refractivity (Wildman–Crippen MR) is 19.4 cm³/mol. The Morgan fingerprint density at radius 3 is 1.80 bits per heavy atom. The molecular formula is C2H5NaOS. The van der Waals surface area contributed by atoms with Crippen molar-refractivity contribution in [1.82, 2.24) is 0 Å². The van der Waals surface area contributed by atoms with Crippen molar-refractivity contribution >= 4 is 11.2 Å². The minimum atomic E-state index is -0.861. The molecular weight excluding hydrogens is 95.1 g/mol. The molecule has 1 atom stereocenters. The van der Waals surface area contributed by atoms with Gasteiger partial charge in [0.2, 0.25) is 0 Å². The summed E-state index contributed by atoms with van der Waals surface area (Å²) in [6.45, 7) is 0. The van der Waals surface area contributed by atoms with Gasteiger partial charge in [-0.25, -0.2) is 11.2 Å². The van der Waals surface area contributed by atoms with Crippen molar-refractivity contribution in [3.63, 3.8) is 0 Å². The molecule has 0 heterocycles. The van der Waals surface area contributed by atoms with Gasteiger partial charge in [-0.15, -0.1) is 6.26 Å². The molecule has 0 spiro atoms. The van der Waals surface area contributed by atoms with Crippen LogP contribution in [0.1, 0.15) is 0 Å². The Labute approximate surface area is 57.6 Å². The molecule has 0 N–H and O–H groups in total. The van der Waals surface area contributed by atoms with Gasteiger partial charge in [-0.3, -0.25) is 0 Å². The zero-order chi connectivity index (χ0) is 3.58. The molecule has 0 aromatic heterocycles. The maximum atomic E-state index is 9.44. The molecule has 1 nitrogen and oxygen atoms in total. The summed E-state index contributed by atoms with van der Waals surface area (Å²) >= 11 is -0.861. The Hall–Kier alpha value is 1.31. The smallest absolute Gasteiger partial charge is 0.644 e.